The van der Waals surface area contributed by atoms with E-state index in [1.54, 1.807) is 15.9 Å². The van der Waals surface area contributed by atoms with E-state index < -0.39 is 0 Å². The molecule has 6 heteroatoms. The number of nitrogens with one attached hydrogen (secondary N) is 1. The van der Waals surface area contributed by atoms with Crippen molar-refractivity contribution in [3.05, 3.63) is 46.6 Å². The number of thiazole rings is 1. The predicted octanol–water partition coefficient (Wildman–Crippen LogP) is 2.21. The summed E-state index contributed by atoms with van der Waals surface area (Å²) in [7, 11) is 0. The second kappa shape index (κ2) is 6.18. The van der Waals surface area contributed by atoms with Gasteiger partial charge < -0.3 is 10.0 Å². The number of likely N-dealkylation sites (tertiary alicyclic amines) is 1. The van der Waals surface area contributed by atoms with Gasteiger partial charge in [0.15, 0.2) is 6.04 Å². The lowest BCUT2D eigenvalue weighted by atomic mass is 9.95. The number of fused-ring (bicyclic) bond motifs is 1. The van der Waals surface area contributed by atoms with Crippen LogP contribution < -0.4 is 4.90 Å². The van der Waals surface area contributed by atoms with Crippen molar-refractivity contribution in [2.45, 2.75) is 32.7 Å². The summed E-state index contributed by atoms with van der Waals surface area (Å²) in [6, 6.07) is 8.84. The van der Waals surface area contributed by atoms with Gasteiger partial charge in [-0.1, -0.05) is 48.1 Å². The third-order valence-corrected chi connectivity index (χ3v) is 6.24. The number of rotatable bonds is 3. The number of quaternary nitrogens is 1. The molecule has 0 saturated carbocycles. The van der Waals surface area contributed by atoms with Crippen LogP contribution in [0.3, 0.4) is 0 Å². The summed E-state index contributed by atoms with van der Waals surface area (Å²) in [4.78, 5) is 7.50. The molecule has 0 unspecified atom stereocenters. The third kappa shape index (κ3) is 2.70. The Kier molecular flexibility index (Phi) is 4.02. The van der Waals surface area contributed by atoms with E-state index in [2.05, 4.69) is 48.2 Å². The van der Waals surface area contributed by atoms with Crippen molar-refractivity contribution in [2.75, 3.05) is 13.1 Å². The van der Waals surface area contributed by atoms with Crippen LogP contribution in [0.1, 0.15) is 41.8 Å². The third-order valence-electron chi connectivity index (χ3n) is 5.14. The maximum absolute atomic E-state index is 10.7. The predicted molar refractivity (Wildman–Crippen MR) is 94.6 cm³/mol. The molecule has 126 valence electrons. The first kappa shape index (κ1) is 15.6. The molecule has 1 aliphatic rings. The number of aromatic hydroxyl groups is 1. The molecule has 4 rings (SSSR count). The van der Waals surface area contributed by atoms with Gasteiger partial charge in [0.25, 0.3) is 0 Å². The molecule has 1 saturated heterocycles. The summed E-state index contributed by atoms with van der Waals surface area (Å²) in [6.45, 7) is 6.70. The van der Waals surface area contributed by atoms with Gasteiger partial charge >= 0.3 is 0 Å². The quantitative estimate of drug-likeness (QED) is 0.767. The van der Waals surface area contributed by atoms with Crippen LogP contribution in [0, 0.1) is 12.8 Å². The monoisotopic (exact) mass is 343 g/mol. The zero-order valence-electron chi connectivity index (χ0n) is 14.1. The molecule has 0 amide bonds. The van der Waals surface area contributed by atoms with Crippen LogP contribution in [0.5, 0.6) is 5.88 Å². The molecule has 1 atom stereocenters. The summed E-state index contributed by atoms with van der Waals surface area (Å²) in [5.74, 6) is 1.03. The van der Waals surface area contributed by atoms with Gasteiger partial charge in [0.2, 0.25) is 10.8 Å². The number of hydrogen-bond donors (Lipinski definition) is 2. The average Bonchev–Trinajstić information content (AvgIpc) is 3.15. The molecule has 3 aromatic rings. The second-order valence-electron chi connectivity index (χ2n) is 6.93. The summed E-state index contributed by atoms with van der Waals surface area (Å²) >= 11 is 1.55. The van der Waals surface area contributed by atoms with Crippen molar-refractivity contribution in [2.24, 2.45) is 5.92 Å². The molecular weight excluding hydrogens is 320 g/mol. The van der Waals surface area contributed by atoms with E-state index in [0.717, 1.165) is 28.8 Å². The molecule has 3 heterocycles. The van der Waals surface area contributed by atoms with Crippen LogP contribution in [0.2, 0.25) is 0 Å². The molecule has 24 heavy (non-hydrogen) atoms. The van der Waals surface area contributed by atoms with Crippen molar-refractivity contribution in [1.82, 2.24) is 14.6 Å². The van der Waals surface area contributed by atoms with E-state index in [1.165, 1.54) is 35.2 Å². The summed E-state index contributed by atoms with van der Waals surface area (Å²) in [5, 5.41) is 14.8. The van der Waals surface area contributed by atoms with E-state index in [1.807, 2.05) is 0 Å². The fourth-order valence-corrected chi connectivity index (χ4v) is 4.75. The highest BCUT2D eigenvalue weighted by molar-refractivity contribution is 7.17. The van der Waals surface area contributed by atoms with Gasteiger partial charge in [0.1, 0.15) is 11.2 Å². The van der Waals surface area contributed by atoms with Crippen molar-refractivity contribution >= 4 is 16.3 Å². The Balaban J connectivity index is 1.78. The van der Waals surface area contributed by atoms with E-state index in [-0.39, 0.29) is 11.9 Å². The van der Waals surface area contributed by atoms with Crippen LogP contribution in [0.15, 0.2) is 30.6 Å². The highest BCUT2D eigenvalue weighted by Gasteiger charge is 2.34. The first-order valence-corrected chi connectivity index (χ1v) is 9.37. The van der Waals surface area contributed by atoms with Crippen LogP contribution in [0.25, 0.3) is 4.96 Å². The molecule has 2 N–H and O–H groups in total. The van der Waals surface area contributed by atoms with Gasteiger partial charge in [-0.3, -0.25) is 0 Å². The molecule has 0 aliphatic carbocycles. The minimum absolute atomic E-state index is 0.145. The molecule has 0 radical (unpaired) electrons. The Morgan fingerprint density at radius 3 is 2.62 bits per heavy atom. The second-order valence-corrected chi connectivity index (χ2v) is 7.94. The number of nitrogens with zero attached hydrogens (tertiary/aromatic N) is 3. The Morgan fingerprint density at radius 1 is 1.25 bits per heavy atom. The fraction of sp³-hybridized carbons (Fsp3) is 0.444. The van der Waals surface area contributed by atoms with Crippen molar-refractivity contribution in [3.63, 3.8) is 0 Å². The van der Waals surface area contributed by atoms with Crippen molar-refractivity contribution < 1.29 is 10.0 Å². The maximum Gasteiger partial charge on any atom is 0.235 e. The SMILES string of the molecule is Cc1ccc([C@@H](c2sc3ncnn3c2O)[NH+]2CCC(C)CC2)cc1. The lowest BCUT2D eigenvalue weighted by molar-refractivity contribution is -0.931. The maximum atomic E-state index is 10.7. The molecule has 1 aliphatic heterocycles. The van der Waals surface area contributed by atoms with Crippen LogP contribution in [-0.2, 0) is 0 Å². The number of aromatic nitrogens is 3. The number of piperidine rings is 1. The highest BCUT2D eigenvalue weighted by atomic mass is 32.1. The summed E-state index contributed by atoms with van der Waals surface area (Å²) in [5.41, 5.74) is 2.51. The Bertz CT molecular complexity index is 830. The van der Waals surface area contributed by atoms with Gasteiger partial charge in [0, 0.05) is 5.56 Å². The zero-order valence-corrected chi connectivity index (χ0v) is 14.9. The zero-order chi connectivity index (χ0) is 16.7. The normalized spacial score (nSPS) is 22.8. The van der Waals surface area contributed by atoms with E-state index in [4.69, 9.17) is 0 Å². The molecule has 5 nitrogen and oxygen atoms in total. The standard InChI is InChI=1S/C18H22N4OS/c1-12-3-5-14(6-4-12)15(21-9-7-13(2)8-10-21)16-17(23)22-18(24-16)19-11-20-22/h3-6,11,13,15,23H,7-10H2,1-2H3/p+1/t15-/m0/s1. The molecule has 1 aromatic carbocycles. The fourth-order valence-electron chi connectivity index (χ4n) is 3.64. The molecule has 2 aromatic heterocycles. The first-order valence-electron chi connectivity index (χ1n) is 8.56. The Morgan fingerprint density at radius 2 is 1.96 bits per heavy atom. The summed E-state index contributed by atoms with van der Waals surface area (Å²) < 4.78 is 1.55. The topological polar surface area (TPSA) is 54.9 Å². The van der Waals surface area contributed by atoms with Gasteiger partial charge in [-0.15, -0.1) is 0 Å². The Labute approximate surface area is 145 Å². The molecule has 0 bridgehead atoms. The smallest absolute Gasteiger partial charge is 0.235 e. The molecular formula is C18H23N4OS+. The number of aryl methyl sites for hydroxylation is 1. The molecule has 0 spiro atoms. The number of hydrogen-bond acceptors (Lipinski definition) is 4. The van der Waals surface area contributed by atoms with Gasteiger partial charge in [0.05, 0.1) is 13.1 Å². The van der Waals surface area contributed by atoms with Gasteiger partial charge in [-0.2, -0.15) is 9.61 Å². The van der Waals surface area contributed by atoms with Gasteiger partial charge in [-0.05, 0) is 25.7 Å². The Hall–Kier alpha value is -1.92. The lowest BCUT2D eigenvalue weighted by Gasteiger charge is -2.33. The lowest BCUT2D eigenvalue weighted by Crippen LogP contribution is -3.13. The van der Waals surface area contributed by atoms with Gasteiger partial charge in [-0.25, -0.2) is 4.98 Å². The average molecular weight is 343 g/mol. The minimum atomic E-state index is 0.145. The van der Waals surface area contributed by atoms with E-state index >= 15 is 0 Å². The van der Waals surface area contributed by atoms with E-state index in [0.29, 0.717) is 0 Å². The van der Waals surface area contributed by atoms with Crippen LogP contribution in [-0.4, -0.2) is 32.8 Å². The molecule has 1 fully saturated rings. The van der Waals surface area contributed by atoms with Crippen LogP contribution in [0.4, 0.5) is 0 Å². The minimum Gasteiger partial charge on any atom is -0.492 e. The highest BCUT2D eigenvalue weighted by Crippen LogP contribution is 2.35. The van der Waals surface area contributed by atoms with Crippen molar-refractivity contribution in [1.29, 1.82) is 0 Å². The summed E-state index contributed by atoms with van der Waals surface area (Å²) in [6.07, 6.45) is 3.96. The van der Waals surface area contributed by atoms with E-state index in [9.17, 15) is 5.11 Å². The first-order chi connectivity index (χ1) is 11.6. The van der Waals surface area contributed by atoms with Crippen LogP contribution >= 0.6 is 11.3 Å². The van der Waals surface area contributed by atoms with Crippen molar-refractivity contribution in [3.8, 4) is 5.88 Å². The largest absolute Gasteiger partial charge is 0.492 e. The number of benzene rings is 1.